The van der Waals surface area contributed by atoms with E-state index in [0.29, 0.717) is 24.1 Å². The Balaban J connectivity index is 0.000000991. The van der Waals surface area contributed by atoms with Crippen LogP contribution < -0.4 is 16.0 Å². The highest BCUT2D eigenvalue weighted by atomic mass is 16.3. The average molecular weight is 458 g/mol. The Morgan fingerprint density at radius 1 is 1.03 bits per heavy atom. The summed E-state index contributed by atoms with van der Waals surface area (Å²) in [4.78, 5) is 20.1. The summed E-state index contributed by atoms with van der Waals surface area (Å²) in [5, 5.41) is 18.8. The van der Waals surface area contributed by atoms with Gasteiger partial charge in [-0.05, 0) is 80.7 Å². The minimum Gasteiger partial charge on any atom is -0.508 e. The van der Waals surface area contributed by atoms with Gasteiger partial charge in [0.1, 0.15) is 12.5 Å². The van der Waals surface area contributed by atoms with Crippen molar-refractivity contribution in [3.05, 3.63) is 65.2 Å². The first-order valence-electron chi connectivity index (χ1n) is 11.8. The van der Waals surface area contributed by atoms with E-state index in [1.54, 1.807) is 12.1 Å². The lowest BCUT2D eigenvalue weighted by Gasteiger charge is -2.17. The zero-order chi connectivity index (χ0) is 25.1. The molecule has 0 aromatic heterocycles. The van der Waals surface area contributed by atoms with Crippen molar-refractivity contribution in [2.24, 2.45) is 5.92 Å². The quantitative estimate of drug-likeness (QED) is 0.482. The van der Waals surface area contributed by atoms with E-state index in [0.717, 1.165) is 25.9 Å². The van der Waals surface area contributed by atoms with E-state index >= 15 is 0 Å². The standard InChI is InChI=1S/C20H24N2O2.C4H11N.C2H6.CH2O/c1-14(13-22-20(24)15-6-8-19(23)9-7-15)12-21-18-10-16-4-2-3-5-17(16)11-18;1-3-4-5-2;2*1-2/h2-9,14,18,21,23H,10-13H2,1H3,(H,22,24);5H,3-4H2,1-2H3;1-2H3;1H2. The summed E-state index contributed by atoms with van der Waals surface area (Å²) in [6.07, 6.45) is 3.40. The fourth-order valence-corrected chi connectivity index (χ4v) is 3.38. The molecule has 0 spiro atoms. The highest BCUT2D eigenvalue weighted by Crippen LogP contribution is 2.21. The number of aromatic hydroxyl groups is 1. The summed E-state index contributed by atoms with van der Waals surface area (Å²) in [6, 6.07) is 15.4. The number of rotatable bonds is 8. The van der Waals surface area contributed by atoms with Gasteiger partial charge in [0.05, 0.1) is 0 Å². The summed E-state index contributed by atoms with van der Waals surface area (Å²) in [7, 11) is 1.96. The first-order chi connectivity index (χ1) is 16.0. The van der Waals surface area contributed by atoms with Crippen LogP contribution in [0.1, 0.15) is 55.6 Å². The van der Waals surface area contributed by atoms with Crippen molar-refractivity contribution in [3.8, 4) is 5.75 Å². The Labute approximate surface area is 200 Å². The summed E-state index contributed by atoms with van der Waals surface area (Å²) in [5.41, 5.74) is 3.46. The third-order valence-electron chi connectivity index (χ3n) is 5.05. The molecule has 1 unspecified atom stereocenters. The van der Waals surface area contributed by atoms with Crippen LogP contribution in [0.25, 0.3) is 0 Å². The van der Waals surface area contributed by atoms with E-state index in [1.165, 1.54) is 29.7 Å². The van der Waals surface area contributed by atoms with Crippen molar-refractivity contribution in [1.29, 1.82) is 0 Å². The van der Waals surface area contributed by atoms with Gasteiger partial charge in [0.2, 0.25) is 0 Å². The number of amides is 1. The monoisotopic (exact) mass is 457 g/mol. The van der Waals surface area contributed by atoms with Crippen LogP contribution in [-0.4, -0.2) is 50.5 Å². The van der Waals surface area contributed by atoms with Gasteiger partial charge in [0.25, 0.3) is 5.91 Å². The predicted molar refractivity (Wildman–Crippen MR) is 138 cm³/mol. The maximum absolute atomic E-state index is 12.1. The minimum atomic E-state index is -0.102. The second-order valence-corrected chi connectivity index (χ2v) is 7.75. The van der Waals surface area contributed by atoms with Gasteiger partial charge in [-0.2, -0.15) is 0 Å². The third kappa shape index (κ3) is 12.2. The molecule has 6 nitrogen and oxygen atoms in total. The highest BCUT2D eigenvalue weighted by Gasteiger charge is 2.20. The summed E-state index contributed by atoms with van der Waals surface area (Å²) < 4.78 is 0. The fraction of sp³-hybridized carbons (Fsp3) is 0.481. The third-order valence-corrected chi connectivity index (χ3v) is 5.05. The van der Waals surface area contributed by atoms with Crippen LogP contribution in [-0.2, 0) is 17.6 Å². The Hall–Kier alpha value is -2.70. The van der Waals surface area contributed by atoms with Crippen LogP contribution in [0.3, 0.4) is 0 Å². The maximum Gasteiger partial charge on any atom is 0.251 e. The number of carbonyl (C=O) groups is 2. The number of phenolic OH excluding ortho intramolecular Hbond substituents is 1. The molecule has 3 rings (SSSR count). The van der Waals surface area contributed by atoms with Gasteiger partial charge in [-0.3, -0.25) is 4.79 Å². The van der Waals surface area contributed by atoms with E-state index in [-0.39, 0.29) is 11.7 Å². The summed E-state index contributed by atoms with van der Waals surface area (Å²) in [5.74, 6) is 0.423. The number of carbonyl (C=O) groups excluding carboxylic acids is 2. The first-order valence-corrected chi connectivity index (χ1v) is 11.8. The molecular formula is C27H43N3O3. The smallest absolute Gasteiger partial charge is 0.251 e. The van der Waals surface area contributed by atoms with Crippen molar-refractivity contribution in [3.63, 3.8) is 0 Å². The molecule has 0 saturated carbocycles. The Morgan fingerprint density at radius 2 is 1.58 bits per heavy atom. The van der Waals surface area contributed by atoms with Crippen LogP contribution in [0, 0.1) is 5.92 Å². The highest BCUT2D eigenvalue weighted by molar-refractivity contribution is 5.94. The molecule has 0 fully saturated rings. The molecule has 0 saturated heterocycles. The molecule has 33 heavy (non-hydrogen) atoms. The van der Waals surface area contributed by atoms with Crippen molar-refractivity contribution >= 4 is 12.7 Å². The second-order valence-electron chi connectivity index (χ2n) is 7.75. The SMILES string of the molecule is C=O.CC.CC(CNC(=O)c1ccc(O)cc1)CNC1Cc2ccccc2C1.CCCNC. The molecule has 184 valence electrons. The van der Waals surface area contributed by atoms with E-state index in [4.69, 9.17) is 4.79 Å². The first kappa shape index (κ1) is 30.3. The molecule has 2 aromatic rings. The molecule has 4 N–H and O–H groups in total. The zero-order valence-corrected chi connectivity index (χ0v) is 21.0. The van der Waals surface area contributed by atoms with Crippen LogP contribution >= 0.6 is 0 Å². The van der Waals surface area contributed by atoms with Gasteiger partial charge in [-0.1, -0.05) is 52.0 Å². The van der Waals surface area contributed by atoms with Gasteiger partial charge in [0.15, 0.2) is 0 Å². The van der Waals surface area contributed by atoms with E-state index in [2.05, 4.69) is 54.1 Å². The fourth-order valence-electron chi connectivity index (χ4n) is 3.38. The molecule has 0 bridgehead atoms. The Kier molecular flexibility index (Phi) is 17.3. The lowest BCUT2D eigenvalue weighted by atomic mass is 10.1. The molecule has 1 aliphatic rings. The lowest BCUT2D eigenvalue weighted by molar-refractivity contribution is -0.0980. The van der Waals surface area contributed by atoms with Crippen LogP contribution in [0.5, 0.6) is 5.75 Å². The Bertz CT molecular complexity index is 738. The number of hydrogen-bond acceptors (Lipinski definition) is 5. The van der Waals surface area contributed by atoms with Crippen LogP contribution in [0.4, 0.5) is 0 Å². The van der Waals surface area contributed by atoms with Gasteiger partial charge in [-0.15, -0.1) is 0 Å². The number of hydrogen-bond donors (Lipinski definition) is 4. The zero-order valence-electron chi connectivity index (χ0n) is 21.0. The predicted octanol–water partition coefficient (Wildman–Crippen LogP) is 3.97. The molecule has 0 heterocycles. The van der Waals surface area contributed by atoms with E-state index in [9.17, 15) is 9.90 Å². The van der Waals surface area contributed by atoms with Crippen molar-refractivity contribution in [2.75, 3.05) is 26.7 Å². The number of nitrogens with one attached hydrogen (secondary N) is 3. The van der Waals surface area contributed by atoms with Gasteiger partial charge in [-0.25, -0.2) is 0 Å². The minimum absolute atomic E-state index is 0.102. The van der Waals surface area contributed by atoms with Crippen LogP contribution in [0.2, 0.25) is 0 Å². The normalized spacial score (nSPS) is 12.5. The second kappa shape index (κ2) is 18.8. The number of benzene rings is 2. The van der Waals surface area contributed by atoms with Gasteiger partial charge < -0.3 is 25.9 Å². The number of phenols is 1. The lowest BCUT2D eigenvalue weighted by Crippen LogP contribution is -2.37. The maximum atomic E-state index is 12.1. The molecule has 6 heteroatoms. The molecule has 2 aromatic carbocycles. The van der Waals surface area contributed by atoms with Crippen molar-refractivity contribution in [1.82, 2.24) is 16.0 Å². The van der Waals surface area contributed by atoms with Gasteiger partial charge >= 0.3 is 0 Å². The summed E-state index contributed by atoms with van der Waals surface area (Å²) in [6.45, 7) is 12.9. The van der Waals surface area contributed by atoms with E-state index in [1.807, 2.05) is 27.7 Å². The molecule has 1 aliphatic carbocycles. The van der Waals surface area contributed by atoms with Crippen molar-refractivity contribution in [2.45, 2.75) is 53.0 Å². The number of fused-ring (bicyclic) bond motifs is 1. The topological polar surface area (TPSA) is 90.5 Å². The van der Waals surface area contributed by atoms with Gasteiger partial charge in [0, 0.05) is 18.2 Å². The summed E-state index contributed by atoms with van der Waals surface area (Å²) >= 11 is 0. The Morgan fingerprint density at radius 3 is 2.03 bits per heavy atom. The molecule has 1 amide bonds. The molecular weight excluding hydrogens is 414 g/mol. The van der Waals surface area contributed by atoms with E-state index < -0.39 is 0 Å². The molecule has 0 radical (unpaired) electrons. The van der Waals surface area contributed by atoms with Crippen molar-refractivity contribution < 1.29 is 14.7 Å². The average Bonchev–Trinajstić information content (AvgIpc) is 3.28. The molecule has 1 atom stereocenters. The largest absolute Gasteiger partial charge is 0.508 e. The molecule has 0 aliphatic heterocycles. The van der Waals surface area contributed by atoms with Crippen LogP contribution in [0.15, 0.2) is 48.5 Å².